The van der Waals surface area contributed by atoms with E-state index in [-0.39, 0.29) is 17.7 Å². The molecule has 1 aromatic heterocycles. The molecule has 0 spiro atoms. The zero-order valence-electron chi connectivity index (χ0n) is 11.7. The molecule has 1 atom stereocenters. The lowest BCUT2D eigenvalue weighted by molar-refractivity contribution is 0.0938. The van der Waals surface area contributed by atoms with Gasteiger partial charge in [0.2, 0.25) is 0 Å². The van der Waals surface area contributed by atoms with Crippen molar-refractivity contribution >= 4 is 17.5 Å². The van der Waals surface area contributed by atoms with E-state index >= 15 is 0 Å². The molecule has 2 rings (SSSR count). The largest absolute Gasteiger partial charge is 0.508 e. The van der Waals surface area contributed by atoms with Crippen LogP contribution in [0.4, 0.5) is 0 Å². The second-order valence-electron chi connectivity index (χ2n) is 4.95. The lowest BCUT2D eigenvalue weighted by Gasteiger charge is -2.14. The Balaban J connectivity index is 1.83. The predicted molar refractivity (Wildman–Crippen MR) is 82.6 cm³/mol. The van der Waals surface area contributed by atoms with E-state index < -0.39 is 0 Å². The van der Waals surface area contributed by atoms with Crippen LogP contribution in [0.15, 0.2) is 42.6 Å². The molecule has 0 aliphatic carbocycles. The molecule has 0 aliphatic rings. The Morgan fingerprint density at radius 1 is 1.29 bits per heavy atom. The van der Waals surface area contributed by atoms with Gasteiger partial charge >= 0.3 is 0 Å². The van der Waals surface area contributed by atoms with Crippen LogP contribution < -0.4 is 5.32 Å². The number of hydrogen-bond donors (Lipinski definition) is 2. The maximum absolute atomic E-state index is 12.0. The molecule has 0 saturated carbocycles. The molecule has 21 heavy (non-hydrogen) atoms. The predicted octanol–water partition coefficient (Wildman–Crippen LogP) is 3.19. The third-order valence-electron chi connectivity index (χ3n) is 3.17. The first-order valence-electron chi connectivity index (χ1n) is 6.75. The molecule has 1 aromatic carbocycles. The van der Waals surface area contributed by atoms with Crippen LogP contribution in [0.2, 0.25) is 5.15 Å². The normalized spacial score (nSPS) is 11.9. The van der Waals surface area contributed by atoms with E-state index in [4.69, 9.17) is 11.6 Å². The van der Waals surface area contributed by atoms with Gasteiger partial charge in [0.1, 0.15) is 10.9 Å². The van der Waals surface area contributed by atoms with E-state index in [1.807, 2.05) is 19.1 Å². The van der Waals surface area contributed by atoms with Crippen molar-refractivity contribution in [2.45, 2.75) is 25.8 Å². The molecule has 0 saturated heterocycles. The fourth-order valence-electron chi connectivity index (χ4n) is 1.94. The fraction of sp³-hybridized carbons (Fsp3) is 0.250. The van der Waals surface area contributed by atoms with Crippen molar-refractivity contribution in [3.05, 3.63) is 58.9 Å². The van der Waals surface area contributed by atoms with Crippen LogP contribution in [-0.4, -0.2) is 22.0 Å². The number of aryl methyl sites for hydroxylation is 1. The summed E-state index contributed by atoms with van der Waals surface area (Å²) in [6.45, 7) is 1.96. The van der Waals surface area contributed by atoms with Gasteiger partial charge in [-0.1, -0.05) is 23.7 Å². The highest BCUT2D eigenvalue weighted by Crippen LogP contribution is 2.12. The SMILES string of the molecule is CC(CCc1ccc(O)cc1)NC(=O)c1ccc(Cl)nc1. The summed E-state index contributed by atoms with van der Waals surface area (Å²) < 4.78 is 0. The van der Waals surface area contributed by atoms with Gasteiger partial charge < -0.3 is 10.4 Å². The molecule has 0 fully saturated rings. The van der Waals surface area contributed by atoms with Crippen molar-refractivity contribution in [3.63, 3.8) is 0 Å². The summed E-state index contributed by atoms with van der Waals surface area (Å²) in [5, 5.41) is 12.5. The fourth-order valence-corrected chi connectivity index (χ4v) is 2.05. The van der Waals surface area contributed by atoms with E-state index in [9.17, 15) is 9.90 Å². The average molecular weight is 305 g/mol. The van der Waals surface area contributed by atoms with Crippen molar-refractivity contribution in [2.24, 2.45) is 0 Å². The van der Waals surface area contributed by atoms with Gasteiger partial charge in [0, 0.05) is 12.2 Å². The lowest BCUT2D eigenvalue weighted by Crippen LogP contribution is -2.32. The zero-order chi connectivity index (χ0) is 15.2. The van der Waals surface area contributed by atoms with Crippen LogP contribution in [-0.2, 0) is 6.42 Å². The quantitative estimate of drug-likeness (QED) is 0.834. The van der Waals surface area contributed by atoms with Crippen LogP contribution in [0.5, 0.6) is 5.75 Å². The van der Waals surface area contributed by atoms with E-state index in [2.05, 4.69) is 10.3 Å². The van der Waals surface area contributed by atoms with Gasteiger partial charge in [0.05, 0.1) is 5.56 Å². The van der Waals surface area contributed by atoms with Crippen molar-refractivity contribution in [2.75, 3.05) is 0 Å². The van der Waals surface area contributed by atoms with Gasteiger partial charge in [-0.15, -0.1) is 0 Å². The highest BCUT2D eigenvalue weighted by atomic mass is 35.5. The Morgan fingerprint density at radius 3 is 2.62 bits per heavy atom. The van der Waals surface area contributed by atoms with Crippen LogP contribution in [0.1, 0.15) is 29.3 Å². The Kier molecular flexibility index (Phi) is 5.17. The molecule has 1 unspecified atom stereocenters. The van der Waals surface area contributed by atoms with Gasteiger partial charge in [0.15, 0.2) is 0 Å². The summed E-state index contributed by atoms with van der Waals surface area (Å²) in [5.41, 5.74) is 1.62. The Morgan fingerprint density at radius 2 is 2.00 bits per heavy atom. The number of nitrogens with one attached hydrogen (secondary N) is 1. The van der Waals surface area contributed by atoms with Crippen LogP contribution in [0, 0.1) is 0 Å². The second-order valence-corrected chi connectivity index (χ2v) is 5.34. The highest BCUT2D eigenvalue weighted by Gasteiger charge is 2.10. The Hall–Kier alpha value is -2.07. The minimum absolute atomic E-state index is 0.0435. The molecule has 2 aromatic rings. The summed E-state index contributed by atoms with van der Waals surface area (Å²) in [4.78, 5) is 15.9. The molecule has 2 N–H and O–H groups in total. The number of nitrogens with zero attached hydrogens (tertiary/aromatic N) is 1. The number of amides is 1. The number of hydrogen-bond acceptors (Lipinski definition) is 3. The Bertz CT molecular complexity index is 597. The highest BCUT2D eigenvalue weighted by molar-refractivity contribution is 6.29. The van der Waals surface area contributed by atoms with Crippen LogP contribution in [0.3, 0.4) is 0 Å². The minimum Gasteiger partial charge on any atom is -0.508 e. The topological polar surface area (TPSA) is 62.2 Å². The Labute approximate surface area is 128 Å². The van der Waals surface area contributed by atoms with Crippen molar-refractivity contribution in [1.29, 1.82) is 0 Å². The summed E-state index contributed by atoms with van der Waals surface area (Å²) >= 11 is 5.69. The van der Waals surface area contributed by atoms with Crippen molar-refractivity contribution < 1.29 is 9.90 Å². The van der Waals surface area contributed by atoms with E-state index in [0.29, 0.717) is 10.7 Å². The summed E-state index contributed by atoms with van der Waals surface area (Å²) in [6, 6.07) is 10.4. The number of aromatic hydroxyl groups is 1. The summed E-state index contributed by atoms with van der Waals surface area (Å²) in [6.07, 6.45) is 3.11. The first-order chi connectivity index (χ1) is 10.0. The minimum atomic E-state index is -0.155. The van der Waals surface area contributed by atoms with Gasteiger partial charge in [-0.05, 0) is 49.6 Å². The number of carbonyl (C=O) groups excluding carboxylic acids is 1. The summed E-state index contributed by atoms with van der Waals surface area (Å²) in [7, 11) is 0. The maximum Gasteiger partial charge on any atom is 0.253 e. The van der Waals surface area contributed by atoms with E-state index in [0.717, 1.165) is 18.4 Å². The lowest BCUT2D eigenvalue weighted by atomic mass is 10.1. The van der Waals surface area contributed by atoms with E-state index in [1.165, 1.54) is 6.20 Å². The third-order valence-corrected chi connectivity index (χ3v) is 3.39. The second kappa shape index (κ2) is 7.09. The van der Waals surface area contributed by atoms with Gasteiger partial charge in [-0.3, -0.25) is 4.79 Å². The molecule has 0 radical (unpaired) electrons. The zero-order valence-corrected chi connectivity index (χ0v) is 12.5. The summed E-state index contributed by atoms with van der Waals surface area (Å²) in [5.74, 6) is 0.104. The monoisotopic (exact) mass is 304 g/mol. The molecule has 0 bridgehead atoms. The van der Waals surface area contributed by atoms with Crippen molar-refractivity contribution in [3.8, 4) is 5.75 Å². The molecular formula is C16H17ClN2O2. The molecule has 0 aliphatic heterocycles. The molecule has 1 heterocycles. The third kappa shape index (κ3) is 4.76. The molecule has 110 valence electrons. The van der Waals surface area contributed by atoms with Crippen molar-refractivity contribution in [1.82, 2.24) is 10.3 Å². The first kappa shape index (κ1) is 15.3. The molecular weight excluding hydrogens is 288 g/mol. The number of halogens is 1. The average Bonchev–Trinajstić information content (AvgIpc) is 2.47. The maximum atomic E-state index is 12.0. The van der Waals surface area contributed by atoms with E-state index in [1.54, 1.807) is 24.3 Å². The number of aromatic nitrogens is 1. The molecule has 4 nitrogen and oxygen atoms in total. The number of phenols is 1. The van der Waals surface area contributed by atoms with Gasteiger partial charge in [-0.25, -0.2) is 4.98 Å². The van der Waals surface area contributed by atoms with Crippen LogP contribution >= 0.6 is 11.6 Å². The van der Waals surface area contributed by atoms with Crippen LogP contribution in [0.25, 0.3) is 0 Å². The first-order valence-corrected chi connectivity index (χ1v) is 7.13. The number of carbonyl (C=O) groups is 1. The standard InChI is InChI=1S/C16H17ClN2O2/c1-11(2-3-12-4-7-14(20)8-5-12)19-16(21)13-6-9-15(17)18-10-13/h4-11,20H,2-3H2,1H3,(H,19,21). The number of benzene rings is 1. The molecule has 5 heteroatoms. The van der Waals surface area contributed by atoms with Gasteiger partial charge in [-0.2, -0.15) is 0 Å². The molecule has 1 amide bonds. The number of rotatable bonds is 5. The van der Waals surface area contributed by atoms with Gasteiger partial charge in [0.25, 0.3) is 5.91 Å². The number of phenolic OH excluding ortho intramolecular Hbond substituents is 1. The smallest absolute Gasteiger partial charge is 0.253 e. The number of pyridine rings is 1.